The summed E-state index contributed by atoms with van der Waals surface area (Å²) in [6.45, 7) is 0.985. The van der Waals surface area contributed by atoms with Crippen molar-refractivity contribution in [2.24, 2.45) is 14.1 Å². The molecule has 0 bridgehead atoms. The Kier molecular flexibility index (Phi) is 4.61. The Morgan fingerprint density at radius 3 is 2.56 bits per heavy atom. The van der Waals surface area contributed by atoms with E-state index >= 15 is 0 Å². The number of imidazole rings is 2. The SMILES string of the molecule is Cn1c(=O)c2c(ncn2CC(=O)N2CCC(n3c(=O)[nH]c4ccccc43)CC2)n(C)c1=O. The number of benzene rings is 1. The number of likely N-dealkylation sites (tertiary alicyclic amines) is 1. The number of carbonyl (C=O) groups is 1. The van der Waals surface area contributed by atoms with Gasteiger partial charge in [0.25, 0.3) is 5.56 Å². The maximum Gasteiger partial charge on any atom is 0.332 e. The fraction of sp³-hybridized carbons (Fsp3) is 0.381. The monoisotopic (exact) mass is 437 g/mol. The number of H-pyrrole nitrogens is 1. The minimum Gasteiger partial charge on any atom is -0.341 e. The summed E-state index contributed by atoms with van der Waals surface area (Å²) in [6.07, 6.45) is 2.74. The number of amides is 1. The Balaban J connectivity index is 1.35. The van der Waals surface area contributed by atoms with Crippen LogP contribution >= 0.6 is 0 Å². The number of hydrogen-bond donors (Lipinski definition) is 1. The van der Waals surface area contributed by atoms with Crippen molar-refractivity contribution < 1.29 is 4.79 Å². The van der Waals surface area contributed by atoms with Crippen molar-refractivity contribution in [2.45, 2.75) is 25.4 Å². The number of aryl methyl sites for hydroxylation is 1. The lowest BCUT2D eigenvalue weighted by atomic mass is 10.0. The van der Waals surface area contributed by atoms with Crippen LogP contribution in [0.5, 0.6) is 0 Å². The van der Waals surface area contributed by atoms with E-state index in [-0.39, 0.29) is 35.3 Å². The van der Waals surface area contributed by atoms with E-state index in [0.29, 0.717) is 25.9 Å². The summed E-state index contributed by atoms with van der Waals surface area (Å²) in [5.74, 6) is -0.134. The number of aromatic nitrogens is 6. The van der Waals surface area contributed by atoms with Gasteiger partial charge in [0.2, 0.25) is 5.91 Å². The molecular formula is C21H23N7O4. The minimum absolute atomic E-state index is 0.0126. The number of rotatable bonds is 3. The van der Waals surface area contributed by atoms with Gasteiger partial charge in [0.05, 0.1) is 17.4 Å². The number of fused-ring (bicyclic) bond motifs is 2. The fourth-order valence-corrected chi connectivity index (χ4v) is 4.57. The van der Waals surface area contributed by atoms with Crippen molar-refractivity contribution in [1.29, 1.82) is 0 Å². The number of piperidine rings is 1. The van der Waals surface area contributed by atoms with Gasteiger partial charge in [-0.3, -0.25) is 23.3 Å². The van der Waals surface area contributed by atoms with Crippen molar-refractivity contribution >= 4 is 28.1 Å². The largest absolute Gasteiger partial charge is 0.341 e. The smallest absolute Gasteiger partial charge is 0.332 e. The average Bonchev–Trinajstić information content (AvgIpc) is 3.36. The Bertz CT molecular complexity index is 1530. The molecule has 0 radical (unpaired) electrons. The molecule has 1 aliphatic rings. The van der Waals surface area contributed by atoms with E-state index in [1.54, 1.807) is 16.5 Å². The standard InChI is InChI=1S/C21H23N7O4/c1-24-18-17(19(30)25(2)21(24)32)27(12-22-18)11-16(29)26-9-7-13(8-10-26)28-15-6-4-3-5-14(15)23-20(28)31/h3-6,12-13H,7-11H2,1-2H3,(H,23,31). The van der Waals surface area contributed by atoms with Gasteiger partial charge in [-0.05, 0) is 25.0 Å². The molecule has 0 aliphatic carbocycles. The van der Waals surface area contributed by atoms with Crippen molar-refractivity contribution in [1.82, 2.24) is 33.1 Å². The molecule has 5 rings (SSSR count). The predicted octanol–water partition coefficient (Wildman–Crippen LogP) is -0.0596. The third-order valence-corrected chi connectivity index (χ3v) is 6.33. The van der Waals surface area contributed by atoms with Gasteiger partial charge in [0, 0.05) is 33.2 Å². The normalized spacial score (nSPS) is 15.1. The molecule has 32 heavy (non-hydrogen) atoms. The average molecular weight is 437 g/mol. The number of nitrogens with one attached hydrogen (secondary N) is 1. The molecule has 11 nitrogen and oxygen atoms in total. The van der Waals surface area contributed by atoms with Crippen LogP contribution in [0, 0.1) is 0 Å². The molecule has 1 fully saturated rings. The first-order valence-electron chi connectivity index (χ1n) is 10.4. The second-order valence-electron chi connectivity index (χ2n) is 8.18. The van der Waals surface area contributed by atoms with E-state index in [4.69, 9.17) is 0 Å². The molecule has 0 unspecified atom stereocenters. The van der Waals surface area contributed by atoms with E-state index in [1.807, 2.05) is 24.3 Å². The molecule has 4 aromatic rings. The molecule has 0 atom stereocenters. The second-order valence-corrected chi connectivity index (χ2v) is 8.18. The van der Waals surface area contributed by atoms with Gasteiger partial charge < -0.3 is 14.5 Å². The Hall–Kier alpha value is -3.89. The maximum atomic E-state index is 13.0. The highest BCUT2D eigenvalue weighted by atomic mass is 16.2. The van der Waals surface area contributed by atoms with Crippen molar-refractivity contribution in [3.63, 3.8) is 0 Å². The molecule has 166 valence electrons. The van der Waals surface area contributed by atoms with Crippen LogP contribution in [-0.2, 0) is 25.4 Å². The van der Waals surface area contributed by atoms with E-state index < -0.39 is 11.2 Å². The van der Waals surface area contributed by atoms with Crippen LogP contribution in [0.4, 0.5) is 0 Å². The lowest BCUT2D eigenvalue weighted by Gasteiger charge is -2.32. The second kappa shape index (κ2) is 7.36. The van der Waals surface area contributed by atoms with Gasteiger partial charge in [0.1, 0.15) is 6.54 Å². The molecule has 1 aromatic carbocycles. The third kappa shape index (κ3) is 3.00. The summed E-state index contributed by atoms with van der Waals surface area (Å²) in [7, 11) is 2.95. The van der Waals surface area contributed by atoms with Crippen molar-refractivity contribution in [3.8, 4) is 0 Å². The zero-order valence-corrected chi connectivity index (χ0v) is 17.8. The number of hydrogen-bond acceptors (Lipinski definition) is 5. The van der Waals surface area contributed by atoms with Gasteiger partial charge in [0.15, 0.2) is 11.2 Å². The molecule has 0 saturated carbocycles. The Labute approximate surface area is 181 Å². The van der Waals surface area contributed by atoms with Crippen LogP contribution in [0.2, 0.25) is 0 Å². The van der Waals surface area contributed by atoms with Gasteiger partial charge in [-0.25, -0.2) is 14.6 Å². The number of aromatic amines is 1. The summed E-state index contributed by atoms with van der Waals surface area (Å²) >= 11 is 0. The molecular weight excluding hydrogens is 414 g/mol. The first-order chi connectivity index (χ1) is 15.4. The summed E-state index contributed by atoms with van der Waals surface area (Å²) in [4.78, 5) is 58.9. The van der Waals surface area contributed by atoms with Crippen LogP contribution in [0.3, 0.4) is 0 Å². The van der Waals surface area contributed by atoms with Crippen molar-refractivity contribution in [2.75, 3.05) is 13.1 Å². The Morgan fingerprint density at radius 1 is 1.09 bits per heavy atom. The predicted molar refractivity (Wildman–Crippen MR) is 118 cm³/mol. The molecule has 1 aliphatic heterocycles. The minimum atomic E-state index is -0.481. The topological polar surface area (TPSA) is 120 Å². The van der Waals surface area contributed by atoms with Crippen LogP contribution in [0.25, 0.3) is 22.2 Å². The first-order valence-corrected chi connectivity index (χ1v) is 10.4. The molecule has 4 heterocycles. The van der Waals surface area contributed by atoms with Gasteiger partial charge >= 0.3 is 11.4 Å². The molecule has 0 spiro atoms. The molecule has 1 amide bonds. The zero-order valence-electron chi connectivity index (χ0n) is 17.8. The maximum absolute atomic E-state index is 13.0. The van der Waals surface area contributed by atoms with Gasteiger partial charge in [-0.15, -0.1) is 0 Å². The molecule has 1 saturated heterocycles. The Morgan fingerprint density at radius 2 is 1.81 bits per heavy atom. The summed E-state index contributed by atoms with van der Waals surface area (Å²) in [5.41, 5.74) is 1.07. The number of para-hydroxylation sites is 2. The van der Waals surface area contributed by atoms with Crippen molar-refractivity contribution in [3.05, 3.63) is 61.9 Å². The van der Waals surface area contributed by atoms with E-state index in [2.05, 4.69) is 9.97 Å². The van der Waals surface area contributed by atoms with Crippen LogP contribution < -0.4 is 16.9 Å². The number of carbonyl (C=O) groups excluding carboxylic acids is 1. The van der Waals surface area contributed by atoms with E-state index in [1.165, 1.54) is 22.5 Å². The molecule has 11 heteroatoms. The quantitative estimate of drug-likeness (QED) is 0.482. The summed E-state index contributed by atoms with van der Waals surface area (Å²) in [6, 6.07) is 7.60. The van der Waals surface area contributed by atoms with E-state index in [9.17, 15) is 19.2 Å². The van der Waals surface area contributed by atoms with E-state index in [0.717, 1.165) is 15.6 Å². The fourth-order valence-electron chi connectivity index (χ4n) is 4.57. The zero-order chi connectivity index (χ0) is 22.6. The molecule has 1 N–H and O–H groups in total. The highest BCUT2D eigenvalue weighted by Crippen LogP contribution is 2.25. The van der Waals surface area contributed by atoms with Crippen LogP contribution in [0.1, 0.15) is 18.9 Å². The van der Waals surface area contributed by atoms with Gasteiger partial charge in [-0.2, -0.15) is 0 Å². The summed E-state index contributed by atoms with van der Waals surface area (Å²) < 4.78 is 5.58. The third-order valence-electron chi connectivity index (χ3n) is 6.33. The lowest BCUT2D eigenvalue weighted by molar-refractivity contribution is -0.133. The van der Waals surface area contributed by atoms with Gasteiger partial charge in [-0.1, -0.05) is 12.1 Å². The van der Waals surface area contributed by atoms with Crippen LogP contribution in [-0.4, -0.2) is 52.1 Å². The lowest BCUT2D eigenvalue weighted by Crippen LogP contribution is -2.42. The van der Waals surface area contributed by atoms with Crippen LogP contribution in [0.15, 0.2) is 45.0 Å². The molecule has 3 aromatic heterocycles. The first kappa shape index (κ1) is 20.0. The summed E-state index contributed by atoms with van der Waals surface area (Å²) in [5, 5.41) is 0. The highest BCUT2D eigenvalue weighted by Gasteiger charge is 2.27. The number of nitrogens with zero attached hydrogens (tertiary/aromatic N) is 6. The highest BCUT2D eigenvalue weighted by molar-refractivity contribution is 5.79.